The van der Waals surface area contributed by atoms with E-state index < -0.39 is 0 Å². The number of rotatable bonds is 8. The Balaban J connectivity index is 2.74. The number of hydrogen-bond donors (Lipinski definition) is 1. The molecular weight excluding hydrogens is 333 g/mol. The SMILES string of the molecule is CCCNC(CC(C)CCC)c1ccccc1I. The van der Waals surface area contributed by atoms with Crippen molar-refractivity contribution in [3.05, 3.63) is 33.4 Å². The van der Waals surface area contributed by atoms with E-state index in [1.807, 2.05) is 0 Å². The van der Waals surface area contributed by atoms with E-state index in [9.17, 15) is 0 Å². The van der Waals surface area contributed by atoms with Crippen LogP contribution in [-0.4, -0.2) is 6.54 Å². The zero-order valence-corrected chi connectivity index (χ0v) is 14.0. The molecular formula is C16H26IN. The van der Waals surface area contributed by atoms with E-state index in [4.69, 9.17) is 0 Å². The van der Waals surface area contributed by atoms with Crippen molar-refractivity contribution in [1.29, 1.82) is 0 Å². The quantitative estimate of drug-likeness (QED) is 0.633. The van der Waals surface area contributed by atoms with Crippen LogP contribution in [0.1, 0.15) is 58.1 Å². The molecule has 0 saturated carbocycles. The lowest BCUT2D eigenvalue weighted by atomic mass is 9.93. The van der Waals surface area contributed by atoms with Crippen LogP contribution in [0.15, 0.2) is 24.3 Å². The summed E-state index contributed by atoms with van der Waals surface area (Å²) in [6.07, 6.45) is 5.05. The molecule has 102 valence electrons. The minimum absolute atomic E-state index is 0.514. The van der Waals surface area contributed by atoms with Crippen LogP contribution in [0.5, 0.6) is 0 Å². The zero-order chi connectivity index (χ0) is 13.4. The average molecular weight is 359 g/mol. The highest BCUT2D eigenvalue weighted by atomic mass is 127. The molecule has 0 aromatic heterocycles. The first-order valence-corrected chi connectivity index (χ1v) is 8.24. The first-order chi connectivity index (χ1) is 8.69. The van der Waals surface area contributed by atoms with Gasteiger partial charge in [-0.05, 0) is 59.5 Å². The Kier molecular flexibility index (Phi) is 7.91. The van der Waals surface area contributed by atoms with Gasteiger partial charge in [0.1, 0.15) is 0 Å². The van der Waals surface area contributed by atoms with Gasteiger partial charge in [0.15, 0.2) is 0 Å². The maximum atomic E-state index is 3.71. The van der Waals surface area contributed by atoms with Crippen molar-refractivity contribution in [2.75, 3.05) is 6.54 Å². The molecule has 1 rings (SSSR count). The van der Waals surface area contributed by atoms with E-state index in [0.717, 1.165) is 12.5 Å². The van der Waals surface area contributed by atoms with Gasteiger partial charge in [-0.25, -0.2) is 0 Å². The van der Waals surface area contributed by atoms with Crippen LogP contribution in [0.2, 0.25) is 0 Å². The van der Waals surface area contributed by atoms with Crippen LogP contribution in [0.4, 0.5) is 0 Å². The average Bonchev–Trinajstić information content (AvgIpc) is 2.35. The lowest BCUT2D eigenvalue weighted by Crippen LogP contribution is -2.24. The maximum absolute atomic E-state index is 3.71. The molecule has 0 bridgehead atoms. The standard InChI is InChI=1S/C16H26IN/c1-4-8-13(3)12-16(18-11-5-2)14-9-6-7-10-15(14)17/h6-7,9-10,13,16,18H,4-5,8,11-12H2,1-3H3. The zero-order valence-electron chi connectivity index (χ0n) is 11.9. The summed E-state index contributed by atoms with van der Waals surface area (Å²) in [5.41, 5.74) is 1.47. The molecule has 18 heavy (non-hydrogen) atoms. The Morgan fingerprint density at radius 3 is 2.50 bits per heavy atom. The van der Waals surface area contributed by atoms with Gasteiger partial charge in [-0.3, -0.25) is 0 Å². The molecule has 0 radical (unpaired) electrons. The van der Waals surface area contributed by atoms with Crippen LogP contribution in [0.25, 0.3) is 0 Å². The van der Waals surface area contributed by atoms with E-state index >= 15 is 0 Å². The molecule has 1 nitrogen and oxygen atoms in total. The largest absolute Gasteiger partial charge is 0.310 e. The third kappa shape index (κ3) is 5.27. The van der Waals surface area contributed by atoms with Crippen molar-refractivity contribution in [2.24, 2.45) is 5.92 Å². The molecule has 2 unspecified atom stereocenters. The molecule has 0 aliphatic rings. The number of benzene rings is 1. The smallest absolute Gasteiger partial charge is 0.0333 e. The Morgan fingerprint density at radius 1 is 1.17 bits per heavy atom. The van der Waals surface area contributed by atoms with Crippen molar-refractivity contribution in [1.82, 2.24) is 5.32 Å². The summed E-state index contributed by atoms with van der Waals surface area (Å²) in [5.74, 6) is 0.792. The second-order valence-electron chi connectivity index (χ2n) is 5.16. The third-order valence-corrected chi connectivity index (χ3v) is 4.32. The molecule has 0 fully saturated rings. The summed E-state index contributed by atoms with van der Waals surface area (Å²) in [6.45, 7) is 7.99. The Hall–Kier alpha value is -0.0900. The van der Waals surface area contributed by atoms with E-state index in [0.29, 0.717) is 6.04 Å². The second kappa shape index (κ2) is 8.92. The normalized spacial score (nSPS) is 14.4. The van der Waals surface area contributed by atoms with Gasteiger partial charge in [-0.1, -0.05) is 51.8 Å². The summed E-state index contributed by atoms with van der Waals surface area (Å²) in [5, 5.41) is 3.71. The predicted molar refractivity (Wildman–Crippen MR) is 88.9 cm³/mol. The maximum Gasteiger partial charge on any atom is 0.0333 e. The van der Waals surface area contributed by atoms with Crippen LogP contribution in [0, 0.1) is 9.49 Å². The van der Waals surface area contributed by atoms with Crippen molar-refractivity contribution >= 4 is 22.6 Å². The fourth-order valence-electron chi connectivity index (χ4n) is 2.41. The number of nitrogens with one attached hydrogen (secondary N) is 1. The van der Waals surface area contributed by atoms with E-state index in [-0.39, 0.29) is 0 Å². The molecule has 0 amide bonds. The Labute approximate surface area is 126 Å². The molecule has 0 spiro atoms. The molecule has 2 heteroatoms. The van der Waals surface area contributed by atoms with Gasteiger partial charge in [0.2, 0.25) is 0 Å². The van der Waals surface area contributed by atoms with Crippen molar-refractivity contribution in [3.8, 4) is 0 Å². The fourth-order valence-corrected chi connectivity index (χ4v) is 3.17. The molecule has 0 heterocycles. The first kappa shape index (κ1) is 16.0. The summed E-state index contributed by atoms with van der Waals surface area (Å²) in [4.78, 5) is 0. The van der Waals surface area contributed by atoms with Gasteiger partial charge in [-0.2, -0.15) is 0 Å². The lowest BCUT2D eigenvalue weighted by molar-refractivity contribution is 0.389. The van der Waals surface area contributed by atoms with Gasteiger partial charge in [-0.15, -0.1) is 0 Å². The Morgan fingerprint density at radius 2 is 1.89 bits per heavy atom. The van der Waals surface area contributed by atoms with Gasteiger partial charge in [0.05, 0.1) is 0 Å². The number of halogens is 1. The molecule has 0 aliphatic heterocycles. The highest BCUT2D eigenvalue weighted by Crippen LogP contribution is 2.27. The topological polar surface area (TPSA) is 12.0 Å². The first-order valence-electron chi connectivity index (χ1n) is 7.16. The van der Waals surface area contributed by atoms with Crippen molar-refractivity contribution < 1.29 is 0 Å². The molecule has 0 saturated heterocycles. The van der Waals surface area contributed by atoms with Crippen LogP contribution in [0.3, 0.4) is 0 Å². The molecule has 1 aromatic rings. The predicted octanol–water partition coefficient (Wildman–Crippen LogP) is 5.16. The highest BCUT2D eigenvalue weighted by molar-refractivity contribution is 14.1. The monoisotopic (exact) mass is 359 g/mol. The molecule has 1 aromatic carbocycles. The minimum Gasteiger partial charge on any atom is -0.310 e. The molecule has 0 aliphatic carbocycles. The van der Waals surface area contributed by atoms with Crippen LogP contribution in [-0.2, 0) is 0 Å². The number of hydrogen-bond acceptors (Lipinski definition) is 1. The Bertz CT molecular complexity index is 338. The van der Waals surface area contributed by atoms with Crippen LogP contribution >= 0.6 is 22.6 Å². The third-order valence-electron chi connectivity index (χ3n) is 3.34. The molecule has 1 N–H and O–H groups in total. The highest BCUT2D eigenvalue weighted by Gasteiger charge is 2.16. The van der Waals surface area contributed by atoms with Crippen molar-refractivity contribution in [3.63, 3.8) is 0 Å². The summed E-state index contributed by atoms with van der Waals surface area (Å²) >= 11 is 2.46. The molecule has 2 atom stereocenters. The summed E-state index contributed by atoms with van der Waals surface area (Å²) in [6, 6.07) is 9.27. The summed E-state index contributed by atoms with van der Waals surface area (Å²) in [7, 11) is 0. The van der Waals surface area contributed by atoms with Crippen molar-refractivity contribution in [2.45, 2.75) is 52.5 Å². The van der Waals surface area contributed by atoms with Gasteiger partial charge in [0.25, 0.3) is 0 Å². The lowest BCUT2D eigenvalue weighted by Gasteiger charge is -2.23. The van der Waals surface area contributed by atoms with Gasteiger partial charge < -0.3 is 5.32 Å². The minimum atomic E-state index is 0.514. The second-order valence-corrected chi connectivity index (χ2v) is 6.32. The van der Waals surface area contributed by atoms with E-state index in [1.54, 1.807) is 0 Å². The van der Waals surface area contributed by atoms with E-state index in [2.05, 4.69) is 72.9 Å². The van der Waals surface area contributed by atoms with Gasteiger partial charge in [0, 0.05) is 9.61 Å². The summed E-state index contributed by atoms with van der Waals surface area (Å²) < 4.78 is 1.38. The fraction of sp³-hybridized carbons (Fsp3) is 0.625. The van der Waals surface area contributed by atoms with Crippen LogP contribution < -0.4 is 5.32 Å². The van der Waals surface area contributed by atoms with Gasteiger partial charge >= 0.3 is 0 Å². The van der Waals surface area contributed by atoms with E-state index in [1.165, 1.54) is 34.8 Å².